The third-order valence-corrected chi connectivity index (χ3v) is 5.95. The lowest BCUT2D eigenvalue weighted by atomic mass is 10.1. The maximum Gasteiger partial charge on any atom is 0.264 e. The summed E-state index contributed by atoms with van der Waals surface area (Å²) in [5.74, 6) is 0.578. The van der Waals surface area contributed by atoms with E-state index in [1.54, 1.807) is 0 Å². The number of nitrogens with zero attached hydrogens (tertiary/aromatic N) is 1. The summed E-state index contributed by atoms with van der Waals surface area (Å²) in [6.45, 7) is 0.454. The first-order valence-corrected chi connectivity index (χ1v) is 11.1. The number of fused-ring (bicyclic) bond motifs is 1. The quantitative estimate of drug-likeness (QED) is 0.373. The van der Waals surface area contributed by atoms with Gasteiger partial charge in [-0.2, -0.15) is 0 Å². The molecule has 1 N–H and O–H groups in total. The Hall–Kier alpha value is -3.83. The van der Waals surface area contributed by atoms with Gasteiger partial charge >= 0.3 is 0 Å². The van der Waals surface area contributed by atoms with E-state index in [1.165, 1.54) is 11.8 Å². The fourth-order valence-electron chi connectivity index (χ4n) is 3.45. The Morgan fingerprint density at radius 2 is 1.50 bits per heavy atom. The number of thioether (sulfide) groups is 1. The predicted octanol–water partition coefficient (Wildman–Crippen LogP) is 6.31. The van der Waals surface area contributed by atoms with Crippen molar-refractivity contribution in [3.63, 3.8) is 0 Å². The molecule has 4 aromatic carbocycles. The van der Waals surface area contributed by atoms with Gasteiger partial charge in [0.15, 0.2) is 5.17 Å². The third-order valence-electron chi connectivity index (χ3n) is 5.04. The van der Waals surface area contributed by atoms with Crippen LogP contribution in [0.2, 0.25) is 0 Å². The molecular weight excluding hydrogens is 416 g/mol. The number of amides is 1. The molecule has 156 valence electrons. The van der Waals surface area contributed by atoms with Gasteiger partial charge in [0.2, 0.25) is 0 Å². The minimum Gasteiger partial charge on any atom is -0.488 e. The summed E-state index contributed by atoms with van der Waals surface area (Å²) in [6, 6.07) is 31.8. The highest BCUT2D eigenvalue weighted by Crippen LogP contribution is 2.33. The second-order valence-corrected chi connectivity index (χ2v) is 8.36. The summed E-state index contributed by atoms with van der Waals surface area (Å²) in [7, 11) is 0. The normalized spacial score (nSPS) is 15.9. The molecule has 1 fully saturated rings. The predicted molar refractivity (Wildman–Crippen MR) is 132 cm³/mol. The van der Waals surface area contributed by atoms with E-state index in [0.29, 0.717) is 16.7 Å². The van der Waals surface area contributed by atoms with E-state index < -0.39 is 0 Å². The fourth-order valence-corrected chi connectivity index (χ4v) is 4.28. The van der Waals surface area contributed by atoms with Crippen LogP contribution in [0.4, 0.5) is 5.69 Å². The minimum absolute atomic E-state index is 0.160. The first kappa shape index (κ1) is 20.1. The van der Waals surface area contributed by atoms with Crippen LogP contribution in [0.1, 0.15) is 11.1 Å². The summed E-state index contributed by atoms with van der Waals surface area (Å²) < 4.78 is 6.18. The first-order valence-electron chi connectivity index (χ1n) is 10.3. The number of rotatable bonds is 5. The molecular formula is C27H20N2O2S. The Kier molecular flexibility index (Phi) is 5.73. The molecule has 4 aromatic rings. The van der Waals surface area contributed by atoms with Crippen molar-refractivity contribution in [3.8, 4) is 5.75 Å². The molecule has 1 saturated heterocycles. The van der Waals surface area contributed by atoms with Crippen LogP contribution in [0.25, 0.3) is 16.8 Å². The van der Waals surface area contributed by atoms with E-state index in [1.807, 2.05) is 84.9 Å². The molecule has 0 bridgehead atoms. The van der Waals surface area contributed by atoms with Crippen molar-refractivity contribution in [3.05, 3.63) is 113 Å². The van der Waals surface area contributed by atoms with Crippen molar-refractivity contribution in [2.24, 2.45) is 4.99 Å². The van der Waals surface area contributed by atoms with E-state index in [2.05, 4.69) is 28.5 Å². The molecule has 0 radical (unpaired) electrons. The van der Waals surface area contributed by atoms with Crippen molar-refractivity contribution in [2.75, 3.05) is 0 Å². The number of nitrogens with one attached hydrogen (secondary N) is 1. The van der Waals surface area contributed by atoms with Crippen LogP contribution in [-0.4, -0.2) is 11.1 Å². The smallest absolute Gasteiger partial charge is 0.264 e. The standard InChI is InChI=1S/C27H20N2O2S/c30-26-25(32-27(29-26)28-23-13-5-2-6-14-23)17-22-15-20-11-7-8-12-21(20)16-24(22)31-18-19-9-3-1-4-10-19/h1-17H,18H2,(H,28,29,30). The van der Waals surface area contributed by atoms with Gasteiger partial charge in [-0.3, -0.25) is 4.79 Å². The number of carbonyl (C=O) groups is 1. The monoisotopic (exact) mass is 436 g/mol. The molecule has 4 nitrogen and oxygen atoms in total. The molecule has 1 aliphatic heterocycles. The Morgan fingerprint density at radius 3 is 2.25 bits per heavy atom. The highest BCUT2D eigenvalue weighted by Gasteiger charge is 2.24. The van der Waals surface area contributed by atoms with Crippen LogP contribution in [0.5, 0.6) is 5.75 Å². The number of hydrogen-bond acceptors (Lipinski definition) is 4. The van der Waals surface area contributed by atoms with Gasteiger partial charge in [-0.25, -0.2) is 4.99 Å². The van der Waals surface area contributed by atoms with Crippen molar-refractivity contribution >= 4 is 45.4 Å². The van der Waals surface area contributed by atoms with Gasteiger partial charge in [-0.15, -0.1) is 0 Å². The highest BCUT2D eigenvalue weighted by molar-refractivity contribution is 8.18. The van der Waals surface area contributed by atoms with Gasteiger partial charge < -0.3 is 10.1 Å². The average molecular weight is 437 g/mol. The molecule has 1 heterocycles. The van der Waals surface area contributed by atoms with Crippen LogP contribution in [0.15, 0.2) is 107 Å². The van der Waals surface area contributed by atoms with Gasteiger partial charge in [-0.05, 0) is 58.4 Å². The molecule has 1 amide bonds. The molecule has 0 unspecified atom stereocenters. The zero-order valence-electron chi connectivity index (χ0n) is 17.2. The second kappa shape index (κ2) is 9.12. The number of amidine groups is 1. The number of hydrogen-bond donors (Lipinski definition) is 1. The maximum atomic E-state index is 12.6. The molecule has 0 aromatic heterocycles. The lowest BCUT2D eigenvalue weighted by molar-refractivity contribution is -0.115. The largest absolute Gasteiger partial charge is 0.488 e. The van der Waals surface area contributed by atoms with E-state index in [-0.39, 0.29) is 5.91 Å². The molecule has 0 saturated carbocycles. The van der Waals surface area contributed by atoms with Crippen LogP contribution < -0.4 is 10.1 Å². The summed E-state index contributed by atoms with van der Waals surface area (Å²) >= 11 is 1.33. The molecule has 32 heavy (non-hydrogen) atoms. The number of benzene rings is 4. The fraction of sp³-hybridized carbons (Fsp3) is 0.0370. The second-order valence-electron chi connectivity index (χ2n) is 7.33. The van der Waals surface area contributed by atoms with Crippen LogP contribution in [0.3, 0.4) is 0 Å². The van der Waals surface area contributed by atoms with E-state index in [4.69, 9.17) is 4.74 Å². The number of ether oxygens (including phenoxy) is 1. The van der Waals surface area contributed by atoms with Crippen LogP contribution >= 0.6 is 11.8 Å². The summed E-state index contributed by atoms with van der Waals surface area (Å²) in [5.41, 5.74) is 2.75. The number of carbonyl (C=O) groups excluding carboxylic acids is 1. The summed E-state index contributed by atoms with van der Waals surface area (Å²) in [5, 5.41) is 5.60. The Labute approximate surface area is 190 Å². The molecule has 0 spiro atoms. The van der Waals surface area contributed by atoms with Gasteiger partial charge in [-0.1, -0.05) is 72.8 Å². The number of para-hydroxylation sites is 1. The third kappa shape index (κ3) is 4.58. The van der Waals surface area contributed by atoms with Gasteiger partial charge in [0, 0.05) is 5.56 Å². The van der Waals surface area contributed by atoms with Crippen molar-refractivity contribution in [1.29, 1.82) is 0 Å². The van der Waals surface area contributed by atoms with Crippen LogP contribution in [0, 0.1) is 0 Å². The molecule has 5 heteroatoms. The van der Waals surface area contributed by atoms with Crippen molar-refractivity contribution in [1.82, 2.24) is 5.32 Å². The minimum atomic E-state index is -0.160. The lowest BCUT2D eigenvalue weighted by Crippen LogP contribution is -2.19. The topological polar surface area (TPSA) is 50.7 Å². The van der Waals surface area contributed by atoms with Gasteiger partial charge in [0.25, 0.3) is 5.91 Å². The molecule has 0 aliphatic carbocycles. The first-order chi connectivity index (χ1) is 15.7. The summed E-state index contributed by atoms with van der Waals surface area (Å²) in [6.07, 6.45) is 1.88. The molecule has 1 aliphatic rings. The van der Waals surface area contributed by atoms with E-state index >= 15 is 0 Å². The SMILES string of the molecule is O=C1NC(=Nc2ccccc2)SC1=Cc1cc2ccccc2cc1OCc1ccccc1. The lowest BCUT2D eigenvalue weighted by Gasteiger charge is -2.12. The molecule has 0 atom stereocenters. The van der Waals surface area contributed by atoms with Gasteiger partial charge in [0.05, 0.1) is 10.6 Å². The number of aliphatic imine (C=N–C) groups is 1. The van der Waals surface area contributed by atoms with Crippen molar-refractivity contribution in [2.45, 2.75) is 6.61 Å². The van der Waals surface area contributed by atoms with Crippen molar-refractivity contribution < 1.29 is 9.53 Å². The Balaban J connectivity index is 1.47. The molecule has 5 rings (SSSR count). The Morgan fingerprint density at radius 1 is 0.844 bits per heavy atom. The Bertz CT molecular complexity index is 1330. The average Bonchev–Trinajstić information content (AvgIpc) is 3.17. The summed E-state index contributed by atoms with van der Waals surface area (Å²) in [4.78, 5) is 17.7. The van der Waals surface area contributed by atoms with Crippen LogP contribution in [-0.2, 0) is 11.4 Å². The zero-order chi connectivity index (χ0) is 21.8. The highest BCUT2D eigenvalue weighted by atomic mass is 32.2. The van der Waals surface area contributed by atoms with Gasteiger partial charge in [0.1, 0.15) is 12.4 Å². The zero-order valence-corrected chi connectivity index (χ0v) is 18.0. The maximum absolute atomic E-state index is 12.6. The van der Waals surface area contributed by atoms with E-state index in [9.17, 15) is 4.79 Å². The van der Waals surface area contributed by atoms with E-state index in [0.717, 1.165) is 33.3 Å².